The summed E-state index contributed by atoms with van der Waals surface area (Å²) < 4.78 is 5.43. The fraction of sp³-hybridized carbons (Fsp3) is 0.522. The van der Waals surface area contributed by atoms with Gasteiger partial charge in [-0.3, -0.25) is 4.79 Å². The number of likely N-dealkylation sites (tertiary alicyclic amines) is 1. The molecule has 0 unspecified atom stereocenters. The van der Waals surface area contributed by atoms with E-state index in [0.717, 1.165) is 50.6 Å². The van der Waals surface area contributed by atoms with E-state index in [1.165, 1.54) is 26.5 Å². The van der Waals surface area contributed by atoms with Gasteiger partial charge in [-0.25, -0.2) is 0 Å². The Morgan fingerprint density at radius 1 is 1.24 bits per heavy atom. The largest absolute Gasteiger partial charge is 0.465 e. The van der Waals surface area contributed by atoms with Crippen molar-refractivity contribution in [3.63, 3.8) is 0 Å². The van der Waals surface area contributed by atoms with Crippen LogP contribution in [-0.4, -0.2) is 42.4 Å². The summed E-state index contributed by atoms with van der Waals surface area (Å²) in [6, 6.07) is 4.40. The molecule has 0 bridgehead atoms. The Bertz CT molecular complexity index is 784. The number of rotatable bonds is 9. The number of piperidine rings is 1. The lowest BCUT2D eigenvalue weighted by atomic mass is 9.98. The molecule has 3 nitrogen and oxygen atoms in total. The zero-order valence-electron chi connectivity index (χ0n) is 17.3. The summed E-state index contributed by atoms with van der Waals surface area (Å²) >= 11 is 7.03. The third-order valence-electron chi connectivity index (χ3n) is 5.37. The van der Waals surface area contributed by atoms with Crippen LogP contribution in [0, 0.1) is 19.8 Å². The molecular formula is C23H30BrNO2S2. The number of esters is 1. The Morgan fingerprint density at radius 3 is 2.52 bits per heavy atom. The molecule has 2 aromatic heterocycles. The van der Waals surface area contributed by atoms with Crippen LogP contribution >= 0.6 is 38.6 Å². The highest BCUT2D eigenvalue weighted by molar-refractivity contribution is 9.09. The highest BCUT2D eigenvalue weighted by Gasteiger charge is 2.26. The summed E-state index contributed by atoms with van der Waals surface area (Å²) in [5.74, 6) is 0.0110. The van der Waals surface area contributed by atoms with Crippen molar-refractivity contribution in [1.82, 2.24) is 4.90 Å². The van der Waals surface area contributed by atoms with Gasteiger partial charge in [-0.2, -0.15) is 0 Å². The molecule has 3 rings (SSSR count). The summed E-state index contributed by atoms with van der Waals surface area (Å²) in [5.41, 5.74) is 4.06. The Hall–Kier alpha value is -0.950. The van der Waals surface area contributed by atoms with Crippen molar-refractivity contribution in [2.75, 3.05) is 31.6 Å². The standard InChI is InChI=1S/C23H30BrNO2S2/c1-17-8-14-28-21(17)20(22-18(2)9-15-29-22)7-4-12-25-11-3-6-19(16-25)23(26)27-13-5-10-24/h7-9,14-15,19H,3-6,10-13,16H2,1-2H3/t19-/m1/s1. The van der Waals surface area contributed by atoms with E-state index in [4.69, 9.17) is 4.74 Å². The first-order valence-corrected chi connectivity index (χ1v) is 13.2. The number of aryl methyl sites for hydroxylation is 2. The molecule has 0 N–H and O–H groups in total. The lowest BCUT2D eigenvalue weighted by molar-refractivity contribution is -0.150. The molecule has 6 heteroatoms. The van der Waals surface area contributed by atoms with Crippen LogP contribution in [0.4, 0.5) is 0 Å². The number of carbonyl (C=O) groups is 1. The van der Waals surface area contributed by atoms with Crippen LogP contribution in [0.3, 0.4) is 0 Å². The average Bonchev–Trinajstić information content (AvgIpc) is 3.34. The molecule has 1 fully saturated rings. The van der Waals surface area contributed by atoms with E-state index in [9.17, 15) is 4.79 Å². The van der Waals surface area contributed by atoms with Crippen LogP contribution in [0.2, 0.25) is 0 Å². The first-order valence-electron chi connectivity index (χ1n) is 10.3. The van der Waals surface area contributed by atoms with Crippen molar-refractivity contribution in [3.05, 3.63) is 49.9 Å². The van der Waals surface area contributed by atoms with E-state index < -0.39 is 0 Å². The first-order chi connectivity index (χ1) is 14.1. The second kappa shape index (κ2) is 11.4. The van der Waals surface area contributed by atoms with E-state index in [1.807, 2.05) is 22.7 Å². The van der Waals surface area contributed by atoms with Crippen molar-refractivity contribution in [2.24, 2.45) is 5.92 Å². The van der Waals surface area contributed by atoms with Crippen LogP contribution in [0.1, 0.15) is 46.6 Å². The highest BCUT2D eigenvalue weighted by atomic mass is 79.9. The zero-order valence-corrected chi connectivity index (χ0v) is 20.5. The number of hydrogen-bond donors (Lipinski definition) is 0. The molecular weight excluding hydrogens is 466 g/mol. The lowest BCUT2D eigenvalue weighted by Gasteiger charge is -2.31. The van der Waals surface area contributed by atoms with E-state index >= 15 is 0 Å². The molecule has 29 heavy (non-hydrogen) atoms. The fourth-order valence-corrected chi connectivity index (χ4v) is 6.02. The number of carbonyl (C=O) groups excluding carboxylic acids is 1. The minimum Gasteiger partial charge on any atom is -0.465 e. The van der Waals surface area contributed by atoms with Crippen molar-refractivity contribution in [2.45, 2.75) is 39.5 Å². The van der Waals surface area contributed by atoms with Gasteiger partial charge in [0.25, 0.3) is 0 Å². The molecule has 0 aromatic carbocycles. The van der Waals surface area contributed by atoms with E-state index in [1.54, 1.807) is 0 Å². The fourth-order valence-electron chi connectivity index (χ4n) is 3.77. The summed E-state index contributed by atoms with van der Waals surface area (Å²) in [6.07, 6.45) is 6.29. The molecule has 0 spiro atoms. The second-order valence-electron chi connectivity index (χ2n) is 7.62. The quantitative estimate of drug-likeness (QED) is 0.232. The highest BCUT2D eigenvalue weighted by Crippen LogP contribution is 2.35. The van der Waals surface area contributed by atoms with Crippen LogP contribution in [0.5, 0.6) is 0 Å². The lowest BCUT2D eigenvalue weighted by Crippen LogP contribution is -2.39. The number of hydrogen-bond acceptors (Lipinski definition) is 5. The van der Waals surface area contributed by atoms with Crippen molar-refractivity contribution in [1.29, 1.82) is 0 Å². The second-order valence-corrected chi connectivity index (χ2v) is 10.2. The van der Waals surface area contributed by atoms with Gasteiger partial charge in [0.2, 0.25) is 0 Å². The van der Waals surface area contributed by atoms with Gasteiger partial charge in [0.05, 0.1) is 12.5 Å². The van der Waals surface area contributed by atoms with Gasteiger partial charge in [-0.1, -0.05) is 22.0 Å². The topological polar surface area (TPSA) is 29.5 Å². The molecule has 1 aliphatic rings. The number of nitrogens with zero attached hydrogens (tertiary/aromatic N) is 1. The molecule has 0 amide bonds. The summed E-state index contributed by atoms with van der Waals surface area (Å²) in [4.78, 5) is 17.5. The molecule has 1 saturated heterocycles. The molecule has 0 saturated carbocycles. The third kappa shape index (κ3) is 6.27. The smallest absolute Gasteiger partial charge is 0.310 e. The molecule has 158 valence electrons. The summed E-state index contributed by atoms with van der Waals surface area (Å²) in [5, 5.41) is 5.23. The van der Waals surface area contributed by atoms with Crippen LogP contribution in [-0.2, 0) is 9.53 Å². The normalized spacial score (nSPS) is 17.3. The molecule has 1 aliphatic heterocycles. The zero-order chi connectivity index (χ0) is 20.6. The van der Waals surface area contributed by atoms with Gasteiger partial charge in [0, 0.05) is 33.7 Å². The maximum atomic E-state index is 12.3. The predicted octanol–water partition coefficient (Wildman–Crippen LogP) is 6.29. The Labute approximate surface area is 190 Å². The van der Waals surface area contributed by atoms with Crippen LogP contribution in [0.15, 0.2) is 29.0 Å². The van der Waals surface area contributed by atoms with E-state index in [-0.39, 0.29) is 11.9 Å². The first kappa shape index (κ1) is 22.7. The van der Waals surface area contributed by atoms with Crippen molar-refractivity contribution < 1.29 is 9.53 Å². The van der Waals surface area contributed by atoms with Gasteiger partial charge in [-0.05, 0) is 80.1 Å². The van der Waals surface area contributed by atoms with Crippen LogP contribution in [0.25, 0.3) is 5.57 Å². The van der Waals surface area contributed by atoms with Crippen molar-refractivity contribution in [3.8, 4) is 0 Å². The Balaban J connectivity index is 1.61. The van der Waals surface area contributed by atoms with Gasteiger partial charge in [0.1, 0.15) is 0 Å². The SMILES string of the molecule is Cc1ccsc1C(=CCCN1CCC[C@@H](C(=O)OCCCBr)C1)c1sccc1C. The average molecular weight is 497 g/mol. The number of ether oxygens (including phenoxy) is 1. The summed E-state index contributed by atoms with van der Waals surface area (Å²) in [6.45, 7) is 7.80. The Kier molecular flexibility index (Phi) is 8.97. The minimum absolute atomic E-state index is 0.0182. The molecule has 1 atom stereocenters. The number of halogens is 1. The van der Waals surface area contributed by atoms with Gasteiger partial charge in [0.15, 0.2) is 0 Å². The number of alkyl halides is 1. The minimum atomic E-state index is -0.0182. The molecule has 2 aromatic rings. The monoisotopic (exact) mass is 495 g/mol. The van der Waals surface area contributed by atoms with E-state index in [0.29, 0.717) is 6.61 Å². The molecule has 3 heterocycles. The third-order valence-corrected chi connectivity index (χ3v) is 8.03. The van der Waals surface area contributed by atoms with Gasteiger partial charge >= 0.3 is 5.97 Å². The van der Waals surface area contributed by atoms with E-state index in [2.05, 4.69) is 63.6 Å². The Morgan fingerprint density at radius 2 is 1.93 bits per heavy atom. The molecule has 0 aliphatic carbocycles. The predicted molar refractivity (Wildman–Crippen MR) is 128 cm³/mol. The number of thiophene rings is 2. The summed E-state index contributed by atoms with van der Waals surface area (Å²) in [7, 11) is 0. The maximum absolute atomic E-state index is 12.3. The van der Waals surface area contributed by atoms with Gasteiger partial charge in [-0.15, -0.1) is 22.7 Å². The van der Waals surface area contributed by atoms with Crippen LogP contribution < -0.4 is 0 Å². The molecule has 0 radical (unpaired) electrons. The maximum Gasteiger partial charge on any atom is 0.310 e. The van der Waals surface area contributed by atoms with Gasteiger partial charge < -0.3 is 9.64 Å². The van der Waals surface area contributed by atoms with Crippen molar-refractivity contribution >= 4 is 50.1 Å².